The van der Waals surface area contributed by atoms with E-state index in [1.54, 1.807) is 6.92 Å². The normalized spacial score (nSPS) is 24.7. The Labute approximate surface area is 141 Å². The lowest BCUT2D eigenvalue weighted by atomic mass is 9.76. The Kier molecular flexibility index (Phi) is 3.50. The molecule has 2 nitrogen and oxygen atoms in total. The van der Waals surface area contributed by atoms with Crippen molar-refractivity contribution in [2.24, 2.45) is 5.92 Å². The third-order valence-corrected chi connectivity index (χ3v) is 5.21. The van der Waals surface area contributed by atoms with Crippen LogP contribution < -0.4 is 5.32 Å². The van der Waals surface area contributed by atoms with Crippen LogP contribution >= 0.6 is 11.6 Å². The first-order chi connectivity index (χ1) is 11.1. The molecule has 1 N–H and O–H groups in total. The van der Waals surface area contributed by atoms with Crippen LogP contribution in [0.3, 0.4) is 0 Å². The fourth-order valence-corrected chi connectivity index (χ4v) is 4.04. The lowest BCUT2D eigenvalue weighted by Gasteiger charge is -2.37. The minimum atomic E-state index is 0.114. The van der Waals surface area contributed by atoms with Gasteiger partial charge < -0.3 is 5.32 Å². The van der Waals surface area contributed by atoms with E-state index in [1.807, 2.05) is 36.4 Å². The van der Waals surface area contributed by atoms with Crippen LogP contribution in [-0.2, 0) is 0 Å². The van der Waals surface area contributed by atoms with Crippen LogP contribution in [0.1, 0.15) is 46.8 Å². The van der Waals surface area contributed by atoms with Crippen molar-refractivity contribution in [2.75, 3.05) is 5.32 Å². The van der Waals surface area contributed by atoms with Crippen LogP contribution in [0.2, 0.25) is 5.02 Å². The molecule has 1 heterocycles. The second-order valence-electron chi connectivity index (χ2n) is 6.39. The maximum Gasteiger partial charge on any atom is 0.159 e. The molecule has 0 bridgehead atoms. The van der Waals surface area contributed by atoms with Gasteiger partial charge in [0.05, 0.1) is 6.04 Å². The summed E-state index contributed by atoms with van der Waals surface area (Å²) in [6.45, 7) is 1.62. The molecule has 2 aromatic rings. The van der Waals surface area contributed by atoms with E-state index in [1.165, 1.54) is 11.1 Å². The average Bonchev–Trinajstić information content (AvgIpc) is 3.03. The van der Waals surface area contributed by atoms with Gasteiger partial charge in [0.2, 0.25) is 0 Å². The largest absolute Gasteiger partial charge is 0.378 e. The molecule has 116 valence electrons. The van der Waals surface area contributed by atoms with Crippen molar-refractivity contribution in [1.29, 1.82) is 0 Å². The van der Waals surface area contributed by atoms with E-state index < -0.39 is 0 Å². The quantitative estimate of drug-likeness (QED) is 0.594. The van der Waals surface area contributed by atoms with E-state index in [9.17, 15) is 4.79 Å². The molecule has 1 aliphatic carbocycles. The van der Waals surface area contributed by atoms with Crippen LogP contribution in [0.15, 0.2) is 54.6 Å². The van der Waals surface area contributed by atoms with Gasteiger partial charge in [-0.1, -0.05) is 35.9 Å². The molecule has 4 rings (SSSR count). The van der Waals surface area contributed by atoms with Crippen molar-refractivity contribution >= 4 is 23.1 Å². The number of allylic oxidation sites excluding steroid dienone is 2. The predicted molar refractivity (Wildman–Crippen MR) is 94.3 cm³/mol. The molecule has 0 saturated carbocycles. The second kappa shape index (κ2) is 5.54. The fraction of sp³-hybridized carbons (Fsp3) is 0.250. The molecule has 0 unspecified atom stereocenters. The van der Waals surface area contributed by atoms with Gasteiger partial charge in [0.1, 0.15) is 0 Å². The number of ketones is 1. The first kappa shape index (κ1) is 14.5. The molecule has 1 aliphatic heterocycles. The summed E-state index contributed by atoms with van der Waals surface area (Å²) in [5.74, 6) is 0.931. The van der Waals surface area contributed by atoms with Gasteiger partial charge in [-0.15, -0.1) is 0 Å². The first-order valence-corrected chi connectivity index (χ1v) is 8.35. The van der Waals surface area contributed by atoms with Crippen molar-refractivity contribution in [3.63, 3.8) is 0 Å². The molecule has 0 fully saturated rings. The zero-order valence-electron chi connectivity index (χ0n) is 12.9. The van der Waals surface area contributed by atoms with Gasteiger partial charge in [0.15, 0.2) is 5.78 Å². The van der Waals surface area contributed by atoms with E-state index in [2.05, 4.69) is 23.5 Å². The Hall–Kier alpha value is -2.06. The number of fused-ring (bicyclic) bond motifs is 3. The molecule has 2 aliphatic rings. The van der Waals surface area contributed by atoms with E-state index in [0.29, 0.717) is 11.8 Å². The molecule has 2 aromatic carbocycles. The zero-order valence-corrected chi connectivity index (χ0v) is 13.7. The van der Waals surface area contributed by atoms with Crippen LogP contribution in [0.5, 0.6) is 0 Å². The Morgan fingerprint density at radius 2 is 2.09 bits per heavy atom. The summed E-state index contributed by atoms with van der Waals surface area (Å²) in [5.41, 5.74) is 4.35. The second-order valence-corrected chi connectivity index (χ2v) is 6.83. The highest BCUT2D eigenvalue weighted by Crippen LogP contribution is 2.50. The Balaban J connectivity index is 1.79. The lowest BCUT2D eigenvalue weighted by molar-refractivity contribution is 0.101. The number of hydrogen-bond donors (Lipinski definition) is 1. The third-order valence-electron chi connectivity index (χ3n) is 4.98. The average molecular weight is 324 g/mol. The highest BCUT2D eigenvalue weighted by atomic mass is 35.5. The summed E-state index contributed by atoms with van der Waals surface area (Å²) < 4.78 is 0. The number of nitrogens with one attached hydrogen (secondary N) is 1. The summed E-state index contributed by atoms with van der Waals surface area (Å²) in [4.78, 5) is 11.7. The third kappa shape index (κ3) is 2.47. The van der Waals surface area contributed by atoms with Gasteiger partial charge in [0.25, 0.3) is 0 Å². The molecule has 0 spiro atoms. The van der Waals surface area contributed by atoms with Gasteiger partial charge in [-0.05, 0) is 60.7 Å². The number of halogens is 1. The number of carbonyl (C=O) groups is 1. The molecular formula is C20H18ClNO. The SMILES string of the molecule is CC(=O)c1ccc2c(c1)[C@@H]1C=CC[C@H]1[C@H](c1cccc(Cl)c1)N2. The number of Topliss-reactive ketones (excluding diaryl/α,β-unsaturated/α-hetero) is 1. The van der Waals surface area contributed by atoms with Crippen molar-refractivity contribution in [1.82, 2.24) is 0 Å². The predicted octanol–water partition coefficient (Wildman–Crippen LogP) is 5.37. The zero-order chi connectivity index (χ0) is 16.0. The van der Waals surface area contributed by atoms with Crippen LogP contribution in [0.25, 0.3) is 0 Å². The number of rotatable bonds is 2. The molecule has 0 amide bonds. The minimum absolute atomic E-state index is 0.114. The van der Waals surface area contributed by atoms with Gasteiger partial charge in [-0.3, -0.25) is 4.79 Å². The van der Waals surface area contributed by atoms with Gasteiger partial charge in [0, 0.05) is 22.2 Å². The fourth-order valence-electron chi connectivity index (χ4n) is 3.84. The number of hydrogen-bond acceptors (Lipinski definition) is 2. The lowest BCUT2D eigenvalue weighted by Crippen LogP contribution is -2.29. The summed E-state index contributed by atoms with van der Waals surface area (Å²) in [5, 5.41) is 4.44. The minimum Gasteiger partial charge on any atom is -0.378 e. The van der Waals surface area contributed by atoms with Crippen molar-refractivity contribution in [2.45, 2.75) is 25.3 Å². The summed E-state index contributed by atoms with van der Waals surface area (Å²) in [6, 6.07) is 14.3. The Morgan fingerprint density at radius 1 is 1.22 bits per heavy atom. The number of anilines is 1. The maximum atomic E-state index is 11.7. The smallest absolute Gasteiger partial charge is 0.159 e. The summed E-state index contributed by atoms with van der Waals surface area (Å²) in [7, 11) is 0. The molecule has 0 saturated heterocycles. The van der Waals surface area contributed by atoms with Gasteiger partial charge in [-0.2, -0.15) is 0 Å². The standard InChI is InChI=1S/C20H18ClNO/c1-12(23)13-8-9-19-18(11-13)16-6-3-7-17(16)20(22-19)14-4-2-5-15(21)10-14/h2-6,8-11,16-17,20,22H,7H2,1H3/t16-,17-,20+/m1/s1. The molecule has 3 heteroatoms. The monoisotopic (exact) mass is 323 g/mol. The van der Waals surface area contributed by atoms with Crippen molar-refractivity contribution < 1.29 is 4.79 Å². The highest BCUT2D eigenvalue weighted by Gasteiger charge is 2.38. The molecule has 0 radical (unpaired) electrons. The maximum absolute atomic E-state index is 11.7. The summed E-state index contributed by atoms with van der Waals surface area (Å²) >= 11 is 6.18. The van der Waals surface area contributed by atoms with E-state index >= 15 is 0 Å². The van der Waals surface area contributed by atoms with E-state index in [4.69, 9.17) is 11.6 Å². The van der Waals surface area contributed by atoms with Crippen molar-refractivity contribution in [3.05, 3.63) is 76.3 Å². The summed E-state index contributed by atoms with van der Waals surface area (Å²) in [6.07, 6.45) is 5.58. The van der Waals surface area contributed by atoms with Crippen molar-refractivity contribution in [3.8, 4) is 0 Å². The van der Waals surface area contributed by atoms with E-state index in [-0.39, 0.29) is 11.8 Å². The van der Waals surface area contributed by atoms with Gasteiger partial charge in [-0.25, -0.2) is 0 Å². The highest BCUT2D eigenvalue weighted by molar-refractivity contribution is 6.30. The molecule has 0 aromatic heterocycles. The van der Waals surface area contributed by atoms with Gasteiger partial charge >= 0.3 is 0 Å². The molecule has 3 atom stereocenters. The Morgan fingerprint density at radius 3 is 2.87 bits per heavy atom. The molecular weight excluding hydrogens is 306 g/mol. The van der Waals surface area contributed by atoms with E-state index in [0.717, 1.165) is 22.7 Å². The number of carbonyl (C=O) groups excluding carboxylic acids is 1. The van der Waals surface area contributed by atoms with Crippen LogP contribution in [-0.4, -0.2) is 5.78 Å². The first-order valence-electron chi connectivity index (χ1n) is 7.97. The number of benzene rings is 2. The van der Waals surface area contributed by atoms with Crippen LogP contribution in [0, 0.1) is 5.92 Å². The topological polar surface area (TPSA) is 29.1 Å². The van der Waals surface area contributed by atoms with Crippen LogP contribution in [0.4, 0.5) is 5.69 Å². The molecule has 23 heavy (non-hydrogen) atoms. The Bertz CT molecular complexity index is 811.